The van der Waals surface area contributed by atoms with Crippen molar-refractivity contribution < 1.29 is 41.6 Å². The summed E-state index contributed by atoms with van der Waals surface area (Å²) in [6.07, 6.45) is -1.13. The van der Waals surface area contributed by atoms with E-state index in [2.05, 4.69) is 49.4 Å². The van der Waals surface area contributed by atoms with Gasteiger partial charge in [0.15, 0.2) is 23.0 Å². The van der Waals surface area contributed by atoms with E-state index in [9.17, 15) is 13.9 Å². The largest absolute Gasteiger partial charge is 0.397 e. The second-order valence-corrected chi connectivity index (χ2v) is 18.3. The van der Waals surface area contributed by atoms with Crippen LogP contribution in [0.4, 0.5) is 11.6 Å². The molecule has 0 aromatic carbocycles. The number of nitrogen functional groups attached to an aromatic ring is 2. The van der Waals surface area contributed by atoms with Crippen LogP contribution in [0.5, 0.6) is 0 Å². The number of anilines is 2. The molecule has 4 aromatic rings. The summed E-state index contributed by atoms with van der Waals surface area (Å²) in [5.41, 5.74) is 11.4. The summed E-state index contributed by atoms with van der Waals surface area (Å²) >= 11 is 8.76. The Morgan fingerprint density at radius 3 is 2.62 bits per heavy atom. The zero-order valence-corrected chi connectivity index (χ0v) is 28.0. The van der Waals surface area contributed by atoms with Crippen LogP contribution in [-0.4, -0.2) is 97.2 Å². The second kappa shape index (κ2) is 11.2. The molecule has 4 aliphatic heterocycles. The minimum absolute atomic E-state index is 0.0145. The number of aromatic amines is 1. The SMILES string of the molecule is CO[C@H]1[C@H]2C[P@@](=O)(S)OC[C@@]34CO[C@@H]([C@H](n5cnc6c(N)ccnc65)O3)[C@@H]4O[P@@](=O)(S)OC[C@H]1O[C@H]2n1cnc2c(=O)[nH]c(N)nc21. The predicted molar refractivity (Wildman–Crippen MR) is 170 cm³/mol. The fraction of sp³-hybridized carbons (Fsp3) is 0.542. The minimum atomic E-state index is -4.15. The summed E-state index contributed by atoms with van der Waals surface area (Å²) in [5.74, 6) is -0.853. The Labute approximate surface area is 275 Å². The van der Waals surface area contributed by atoms with Crippen LogP contribution in [0.2, 0.25) is 0 Å². The van der Waals surface area contributed by atoms with E-state index in [-0.39, 0.29) is 43.1 Å². The third kappa shape index (κ3) is 5.23. The Balaban J connectivity index is 1.15. The molecule has 0 unspecified atom stereocenters. The first kappa shape index (κ1) is 31.7. The Hall–Kier alpha value is -2.55. The third-order valence-corrected chi connectivity index (χ3v) is 12.7. The third-order valence-electron chi connectivity index (χ3n) is 8.81. The van der Waals surface area contributed by atoms with Crippen LogP contribution in [0.25, 0.3) is 22.3 Å². The smallest absolute Gasteiger partial charge is 0.386 e. The van der Waals surface area contributed by atoms with Crippen molar-refractivity contribution >= 4 is 71.8 Å². The zero-order chi connectivity index (χ0) is 32.9. The van der Waals surface area contributed by atoms with Crippen LogP contribution in [0.15, 0.2) is 29.7 Å². The summed E-state index contributed by atoms with van der Waals surface area (Å²) in [6.45, 7) is -8.64. The van der Waals surface area contributed by atoms with Gasteiger partial charge in [-0.2, -0.15) is 4.98 Å². The average Bonchev–Trinajstić information content (AvgIpc) is 3.82. The molecule has 4 aromatic heterocycles. The van der Waals surface area contributed by atoms with Gasteiger partial charge in [0.2, 0.25) is 5.95 Å². The number of hydrogen-bond donors (Lipinski definition) is 5. The number of aromatic nitrogens is 7. The fourth-order valence-corrected chi connectivity index (χ4v) is 10.4. The van der Waals surface area contributed by atoms with E-state index in [1.54, 1.807) is 10.6 Å². The fourth-order valence-electron chi connectivity index (χ4n) is 6.74. The van der Waals surface area contributed by atoms with E-state index in [1.807, 2.05) is 0 Å². The Kier molecular flexibility index (Phi) is 7.58. The number of nitrogens with two attached hydrogens (primary N) is 2. The molecule has 4 aliphatic rings. The Morgan fingerprint density at radius 1 is 1.06 bits per heavy atom. The molecule has 0 spiro atoms. The zero-order valence-electron chi connectivity index (χ0n) is 24.4. The highest BCUT2D eigenvalue weighted by molar-refractivity contribution is 8.46. The summed E-state index contributed by atoms with van der Waals surface area (Å²) in [6, 6.07) is 1.62. The first-order valence-electron chi connectivity index (χ1n) is 14.3. The van der Waals surface area contributed by atoms with Crippen LogP contribution in [0.3, 0.4) is 0 Å². The van der Waals surface area contributed by atoms with Gasteiger partial charge in [-0.05, 0) is 6.07 Å². The van der Waals surface area contributed by atoms with Crippen molar-refractivity contribution in [3.05, 3.63) is 35.3 Å². The lowest BCUT2D eigenvalue weighted by molar-refractivity contribution is -0.181. The highest BCUT2D eigenvalue weighted by atomic mass is 32.7. The maximum absolute atomic E-state index is 14.1. The molecule has 19 nitrogen and oxygen atoms in total. The second-order valence-electron chi connectivity index (χ2n) is 11.7. The molecule has 47 heavy (non-hydrogen) atoms. The number of methoxy groups -OCH3 is 1. The van der Waals surface area contributed by atoms with Gasteiger partial charge in [-0.25, -0.2) is 19.5 Å². The van der Waals surface area contributed by atoms with Gasteiger partial charge in [-0.1, -0.05) is 24.5 Å². The van der Waals surface area contributed by atoms with E-state index >= 15 is 0 Å². The van der Waals surface area contributed by atoms with Gasteiger partial charge < -0.3 is 34.9 Å². The summed E-state index contributed by atoms with van der Waals surface area (Å²) < 4.78 is 73.7. The van der Waals surface area contributed by atoms with Gasteiger partial charge in [-0.15, -0.1) is 0 Å². The lowest BCUT2D eigenvalue weighted by Gasteiger charge is -2.33. The molecule has 8 heterocycles. The molecular weight excluding hydrogens is 700 g/mol. The van der Waals surface area contributed by atoms with Crippen molar-refractivity contribution in [2.24, 2.45) is 5.92 Å². The Morgan fingerprint density at radius 2 is 1.83 bits per heavy atom. The topological polar surface area (TPSA) is 245 Å². The van der Waals surface area contributed by atoms with Gasteiger partial charge in [0.1, 0.15) is 35.7 Å². The maximum Gasteiger partial charge on any atom is 0.386 e. The van der Waals surface area contributed by atoms with Crippen LogP contribution in [0.1, 0.15) is 12.5 Å². The number of ether oxygens (including phenoxy) is 4. The highest BCUT2D eigenvalue weighted by Crippen LogP contribution is 2.63. The molecule has 4 saturated heterocycles. The van der Waals surface area contributed by atoms with Crippen LogP contribution < -0.4 is 17.0 Å². The molecule has 252 valence electrons. The van der Waals surface area contributed by atoms with Gasteiger partial charge >= 0.3 is 6.80 Å². The van der Waals surface area contributed by atoms with Crippen molar-refractivity contribution in [1.82, 2.24) is 34.1 Å². The number of pyridine rings is 1. The number of imidazole rings is 2. The number of fused-ring (bicyclic) bond motifs is 4. The van der Waals surface area contributed by atoms with E-state index in [1.165, 1.54) is 30.5 Å². The van der Waals surface area contributed by atoms with Crippen molar-refractivity contribution in [3.63, 3.8) is 0 Å². The summed E-state index contributed by atoms with van der Waals surface area (Å²) in [4.78, 5) is 32.0. The number of rotatable bonds is 3. The van der Waals surface area contributed by atoms with Crippen molar-refractivity contribution in [2.45, 2.75) is 42.5 Å². The molecule has 23 heteroatoms. The molecular formula is C24H29N9O10P2S2. The first-order chi connectivity index (χ1) is 22.4. The summed E-state index contributed by atoms with van der Waals surface area (Å²) in [7, 11) is 1.44. The Bertz CT molecular complexity index is 2050. The number of nitrogens with zero attached hydrogens (tertiary/aromatic N) is 6. The standard InChI is InChI=1S/C24H29N9O10P2S2/c1-37-15-10-5-44(35,46)40-7-24-6-38-16(22(42-24)32-8-28-13-11(25)2-3-27-18(13)32)17(24)43-45(36,47)39-4-12(15)41-21(10)33-9-29-14-19(33)30-23(26)31-20(14)34/h2-3,8-10,12,15-17,21-22H,4-7H2,1H3,(H2,25,27)(H,35,46)(H,36,47)(H3,26,30,31,34)/t10-,12-,15+,16-,17+,21-,22-,24-,44+,45+/m1/s1. The lowest BCUT2D eigenvalue weighted by atomic mass is 10.0. The van der Waals surface area contributed by atoms with Gasteiger partial charge in [0.05, 0.1) is 44.3 Å². The molecule has 8 rings (SSSR count). The summed E-state index contributed by atoms with van der Waals surface area (Å²) in [5, 5.41) is 0. The molecule has 0 radical (unpaired) electrons. The molecule has 0 amide bonds. The van der Waals surface area contributed by atoms with Gasteiger partial charge in [-0.3, -0.25) is 32.5 Å². The number of hydrogen-bond acceptors (Lipinski definition) is 16. The van der Waals surface area contributed by atoms with Gasteiger partial charge in [0, 0.05) is 25.4 Å². The molecule has 5 N–H and O–H groups in total. The van der Waals surface area contributed by atoms with Crippen molar-refractivity contribution in [2.75, 3.05) is 44.6 Å². The van der Waals surface area contributed by atoms with Crippen LogP contribution in [-0.2, 0) is 41.6 Å². The van der Waals surface area contributed by atoms with Crippen LogP contribution in [0, 0.1) is 5.92 Å². The van der Waals surface area contributed by atoms with E-state index in [0.717, 1.165) is 0 Å². The number of H-pyrrole nitrogens is 1. The van der Waals surface area contributed by atoms with E-state index in [4.69, 9.17) is 44.0 Å². The normalized spacial score (nSPS) is 39.1. The maximum atomic E-state index is 14.1. The average molecular weight is 730 g/mol. The number of nitrogens with one attached hydrogen (secondary N) is 1. The molecule has 4 fully saturated rings. The molecule has 4 bridgehead atoms. The molecule has 0 saturated carbocycles. The minimum Gasteiger partial charge on any atom is -0.397 e. The monoisotopic (exact) mass is 729 g/mol. The first-order valence-corrected chi connectivity index (χ1v) is 19.9. The number of thiol groups is 2. The highest BCUT2D eigenvalue weighted by Gasteiger charge is 2.65. The van der Waals surface area contributed by atoms with E-state index < -0.39 is 67.3 Å². The quantitative estimate of drug-likeness (QED) is 0.148. The lowest BCUT2D eigenvalue weighted by Crippen LogP contribution is -2.45. The van der Waals surface area contributed by atoms with Crippen molar-refractivity contribution in [1.29, 1.82) is 0 Å². The van der Waals surface area contributed by atoms with E-state index in [0.29, 0.717) is 16.9 Å². The van der Waals surface area contributed by atoms with Crippen molar-refractivity contribution in [3.8, 4) is 0 Å². The molecule has 10 atom stereocenters. The van der Waals surface area contributed by atoms with Crippen LogP contribution >= 0.6 is 37.9 Å². The molecule has 0 aliphatic carbocycles. The predicted octanol–water partition coefficient (Wildman–Crippen LogP) is 1.52. The van der Waals surface area contributed by atoms with Gasteiger partial charge in [0.25, 0.3) is 12.1 Å².